The molecule has 2 N–H and O–H groups in total. The molecule has 0 aromatic heterocycles. The molecular weight excluding hydrogens is 307 g/mol. The fourth-order valence-corrected chi connectivity index (χ4v) is 1.65. The highest BCUT2D eigenvalue weighted by Crippen LogP contribution is 2.30. The lowest BCUT2D eigenvalue weighted by Crippen LogP contribution is -2.20. The number of alkyl halides is 3. The minimum Gasteiger partial charge on any atom is -0.308 e. The van der Waals surface area contributed by atoms with Crippen LogP contribution >= 0.6 is 0 Å². The van der Waals surface area contributed by atoms with Gasteiger partial charge < -0.3 is 10.6 Å². The van der Waals surface area contributed by atoms with Gasteiger partial charge in [0, 0.05) is 11.8 Å². The number of amides is 2. The standard InChI is InChI=1S/C14H9F5N2O/c15-9-4-5-11(16)12(7-9)21-13(22)20-10-3-1-2-8(6-10)14(17,18)19/h1-7H,(H2,20,21,22). The van der Waals surface area contributed by atoms with Gasteiger partial charge in [0.1, 0.15) is 11.6 Å². The summed E-state index contributed by atoms with van der Waals surface area (Å²) in [4.78, 5) is 11.6. The van der Waals surface area contributed by atoms with E-state index in [1.165, 1.54) is 6.07 Å². The van der Waals surface area contributed by atoms with Crippen molar-refractivity contribution in [2.75, 3.05) is 10.6 Å². The lowest BCUT2D eigenvalue weighted by Gasteiger charge is -2.11. The van der Waals surface area contributed by atoms with Crippen LogP contribution in [0.2, 0.25) is 0 Å². The summed E-state index contributed by atoms with van der Waals surface area (Å²) in [6.07, 6.45) is -4.55. The van der Waals surface area contributed by atoms with E-state index in [0.29, 0.717) is 0 Å². The van der Waals surface area contributed by atoms with Crippen molar-refractivity contribution in [3.05, 3.63) is 59.7 Å². The van der Waals surface area contributed by atoms with E-state index in [1.807, 2.05) is 5.32 Å². The second-order valence-corrected chi connectivity index (χ2v) is 4.28. The number of anilines is 2. The first-order valence-corrected chi connectivity index (χ1v) is 5.96. The van der Waals surface area contributed by atoms with Crippen molar-refractivity contribution in [2.45, 2.75) is 6.18 Å². The first-order chi connectivity index (χ1) is 10.3. The molecule has 0 atom stereocenters. The Balaban J connectivity index is 2.11. The SMILES string of the molecule is O=C(Nc1cccc(C(F)(F)F)c1)Nc1cc(F)ccc1F. The molecule has 0 aliphatic heterocycles. The Morgan fingerprint density at radius 3 is 2.36 bits per heavy atom. The third-order valence-electron chi connectivity index (χ3n) is 2.62. The van der Waals surface area contributed by atoms with Gasteiger partial charge in [-0.3, -0.25) is 0 Å². The van der Waals surface area contributed by atoms with Crippen molar-refractivity contribution >= 4 is 17.4 Å². The second-order valence-electron chi connectivity index (χ2n) is 4.28. The highest BCUT2D eigenvalue weighted by molar-refractivity contribution is 5.99. The normalized spacial score (nSPS) is 11.1. The van der Waals surface area contributed by atoms with Crippen molar-refractivity contribution in [2.24, 2.45) is 0 Å². The van der Waals surface area contributed by atoms with Gasteiger partial charge in [-0.1, -0.05) is 6.07 Å². The molecule has 0 fully saturated rings. The molecule has 8 heteroatoms. The number of carbonyl (C=O) groups is 1. The number of carbonyl (C=O) groups excluding carboxylic acids is 1. The number of halogens is 5. The van der Waals surface area contributed by atoms with Gasteiger partial charge in [0.25, 0.3) is 0 Å². The van der Waals surface area contributed by atoms with E-state index in [2.05, 4.69) is 5.32 Å². The van der Waals surface area contributed by atoms with Gasteiger partial charge >= 0.3 is 12.2 Å². The van der Waals surface area contributed by atoms with Crippen molar-refractivity contribution < 1.29 is 26.7 Å². The molecule has 0 radical (unpaired) electrons. The summed E-state index contributed by atoms with van der Waals surface area (Å²) in [5.41, 5.74) is -1.50. The highest BCUT2D eigenvalue weighted by atomic mass is 19.4. The van der Waals surface area contributed by atoms with Crippen molar-refractivity contribution in [3.8, 4) is 0 Å². The van der Waals surface area contributed by atoms with E-state index in [1.54, 1.807) is 0 Å². The molecule has 2 amide bonds. The molecule has 2 rings (SSSR count). The summed E-state index contributed by atoms with van der Waals surface area (Å²) in [5.74, 6) is -1.64. The summed E-state index contributed by atoms with van der Waals surface area (Å²) in [7, 11) is 0. The molecule has 0 saturated heterocycles. The van der Waals surface area contributed by atoms with Crippen LogP contribution in [-0.4, -0.2) is 6.03 Å². The van der Waals surface area contributed by atoms with Crippen molar-refractivity contribution in [3.63, 3.8) is 0 Å². The Morgan fingerprint density at radius 1 is 0.955 bits per heavy atom. The van der Waals surface area contributed by atoms with Crippen LogP contribution in [0.5, 0.6) is 0 Å². The van der Waals surface area contributed by atoms with Gasteiger partial charge in [0.05, 0.1) is 11.3 Å². The van der Waals surface area contributed by atoms with Gasteiger partial charge in [-0.25, -0.2) is 13.6 Å². The topological polar surface area (TPSA) is 41.1 Å². The molecule has 0 bridgehead atoms. The molecule has 0 aliphatic rings. The molecule has 0 heterocycles. The highest BCUT2D eigenvalue weighted by Gasteiger charge is 2.30. The summed E-state index contributed by atoms with van der Waals surface area (Å²) in [5, 5.41) is 4.12. The Labute approximate surface area is 121 Å². The number of nitrogens with one attached hydrogen (secondary N) is 2. The zero-order chi connectivity index (χ0) is 16.3. The smallest absolute Gasteiger partial charge is 0.308 e. The molecule has 0 spiro atoms. The maximum Gasteiger partial charge on any atom is 0.416 e. The number of hydrogen-bond acceptors (Lipinski definition) is 1. The van der Waals surface area contributed by atoms with Crippen molar-refractivity contribution in [1.29, 1.82) is 0 Å². The Hall–Kier alpha value is -2.64. The molecular formula is C14H9F5N2O. The van der Waals surface area contributed by atoms with Gasteiger partial charge in [-0.05, 0) is 30.3 Å². The molecule has 2 aromatic rings. The zero-order valence-corrected chi connectivity index (χ0v) is 10.8. The zero-order valence-electron chi connectivity index (χ0n) is 10.8. The predicted octanol–water partition coefficient (Wildman–Crippen LogP) is 4.63. The molecule has 116 valence electrons. The number of urea groups is 1. The molecule has 2 aromatic carbocycles. The van der Waals surface area contributed by atoms with Gasteiger partial charge in [0.15, 0.2) is 0 Å². The fraction of sp³-hybridized carbons (Fsp3) is 0.0714. The Kier molecular flexibility index (Phi) is 4.30. The fourth-order valence-electron chi connectivity index (χ4n) is 1.65. The number of hydrogen-bond donors (Lipinski definition) is 2. The summed E-state index contributed by atoms with van der Waals surface area (Å²) in [6.45, 7) is 0. The van der Waals surface area contributed by atoms with Gasteiger partial charge in [-0.2, -0.15) is 13.2 Å². The van der Waals surface area contributed by atoms with Crippen LogP contribution in [0, 0.1) is 11.6 Å². The van der Waals surface area contributed by atoms with E-state index in [4.69, 9.17) is 0 Å². The van der Waals surface area contributed by atoms with Crippen LogP contribution in [0.3, 0.4) is 0 Å². The van der Waals surface area contributed by atoms with Crippen LogP contribution in [0.4, 0.5) is 38.1 Å². The second kappa shape index (κ2) is 6.00. The maximum atomic E-state index is 13.3. The molecule has 22 heavy (non-hydrogen) atoms. The van der Waals surface area contributed by atoms with Crippen LogP contribution in [0.15, 0.2) is 42.5 Å². The van der Waals surface area contributed by atoms with Crippen LogP contribution < -0.4 is 10.6 Å². The summed E-state index contributed by atoms with van der Waals surface area (Å²) >= 11 is 0. The van der Waals surface area contributed by atoms with Crippen molar-refractivity contribution in [1.82, 2.24) is 0 Å². The van der Waals surface area contributed by atoms with E-state index in [-0.39, 0.29) is 5.69 Å². The molecule has 0 aliphatic carbocycles. The Bertz CT molecular complexity index is 700. The lowest BCUT2D eigenvalue weighted by molar-refractivity contribution is -0.137. The number of rotatable bonds is 2. The maximum absolute atomic E-state index is 13.3. The minimum atomic E-state index is -4.55. The van der Waals surface area contributed by atoms with E-state index in [0.717, 1.165) is 36.4 Å². The van der Waals surface area contributed by atoms with E-state index < -0.39 is 35.1 Å². The first-order valence-electron chi connectivity index (χ1n) is 5.96. The van der Waals surface area contributed by atoms with Crippen LogP contribution in [0.25, 0.3) is 0 Å². The predicted molar refractivity (Wildman–Crippen MR) is 70.4 cm³/mol. The molecule has 0 saturated carbocycles. The quantitative estimate of drug-likeness (QED) is 0.779. The first kappa shape index (κ1) is 15.7. The van der Waals surface area contributed by atoms with E-state index >= 15 is 0 Å². The van der Waals surface area contributed by atoms with Crippen LogP contribution in [0.1, 0.15) is 5.56 Å². The van der Waals surface area contributed by atoms with Gasteiger partial charge in [-0.15, -0.1) is 0 Å². The summed E-state index contributed by atoms with van der Waals surface area (Å²) < 4.78 is 63.9. The van der Waals surface area contributed by atoms with Gasteiger partial charge in [0.2, 0.25) is 0 Å². The third-order valence-corrected chi connectivity index (χ3v) is 2.62. The summed E-state index contributed by atoms with van der Waals surface area (Å²) in [6, 6.07) is 5.35. The molecule has 0 unspecified atom stereocenters. The van der Waals surface area contributed by atoms with Crippen LogP contribution in [-0.2, 0) is 6.18 Å². The monoisotopic (exact) mass is 316 g/mol. The number of benzene rings is 2. The largest absolute Gasteiger partial charge is 0.416 e. The third kappa shape index (κ3) is 3.94. The minimum absolute atomic E-state index is 0.135. The lowest BCUT2D eigenvalue weighted by atomic mass is 10.2. The average molecular weight is 316 g/mol. The molecule has 3 nitrogen and oxygen atoms in total. The average Bonchev–Trinajstić information content (AvgIpc) is 2.42. The van der Waals surface area contributed by atoms with E-state index in [9.17, 15) is 26.7 Å². The Morgan fingerprint density at radius 2 is 1.68 bits per heavy atom.